The number of carbonyl (C=O) groups is 3. The number of nitrogens with zero attached hydrogens (tertiary/aromatic N) is 2. The van der Waals surface area contributed by atoms with E-state index in [4.69, 9.17) is 4.74 Å². The van der Waals surface area contributed by atoms with E-state index in [-0.39, 0.29) is 49.8 Å². The lowest BCUT2D eigenvalue weighted by Gasteiger charge is -2.31. The molecule has 9 nitrogen and oxygen atoms in total. The first kappa shape index (κ1) is 33.2. The maximum atomic E-state index is 16.4. The number of ether oxygens (including phenoxy) is 1. The number of hydrogen-bond donors (Lipinski definition) is 3. The summed E-state index contributed by atoms with van der Waals surface area (Å²) in [5, 5.41) is 13.9. The van der Waals surface area contributed by atoms with Crippen LogP contribution in [0.25, 0.3) is 10.9 Å². The van der Waals surface area contributed by atoms with Crippen LogP contribution in [0.5, 0.6) is 0 Å². The maximum absolute atomic E-state index is 16.4. The van der Waals surface area contributed by atoms with Crippen molar-refractivity contribution in [3.8, 4) is 0 Å². The number of carbonyl (C=O) groups excluding carboxylic acids is 3. The standard InChI is InChI=1S/C38H43FN4O5Si/c1-24-36(49(2,3)39)33(20-35(46)42-17-9-12-28(42)23-44)48-38(24)30-19-27(41-34(45)18-26-21-40-31-14-8-7-13-29(26)31)15-16-32(30)43(37(38)47)22-25-10-5-4-6-11-25/h4-8,10-11,13-16,19,21,24,28,33,36,40,44H,9,12,17-18,20,22-23H2,1-3H3,(H,41,45)/t24-,28-,33+,36-,38+/m0/s1. The molecule has 3 aromatic carbocycles. The maximum Gasteiger partial charge on any atom is 0.264 e. The van der Waals surface area contributed by atoms with Gasteiger partial charge in [0.05, 0.1) is 43.8 Å². The zero-order valence-electron chi connectivity index (χ0n) is 28.1. The van der Waals surface area contributed by atoms with Crippen LogP contribution in [0.2, 0.25) is 18.6 Å². The van der Waals surface area contributed by atoms with Crippen molar-refractivity contribution in [3.63, 3.8) is 0 Å². The molecule has 7 rings (SSSR count). The van der Waals surface area contributed by atoms with Crippen LogP contribution in [0.15, 0.2) is 79.0 Å². The molecule has 49 heavy (non-hydrogen) atoms. The van der Waals surface area contributed by atoms with Crippen LogP contribution in [-0.2, 0) is 37.7 Å². The van der Waals surface area contributed by atoms with Crippen molar-refractivity contribution in [2.45, 2.75) is 75.5 Å². The molecule has 256 valence electrons. The Morgan fingerprint density at radius 3 is 2.61 bits per heavy atom. The molecule has 0 bridgehead atoms. The first-order valence-corrected chi connectivity index (χ1v) is 20.1. The highest BCUT2D eigenvalue weighted by molar-refractivity contribution is 6.72. The van der Waals surface area contributed by atoms with E-state index in [9.17, 15) is 19.5 Å². The molecule has 0 aliphatic carbocycles. The van der Waals surface area contributed by atoms with Gasteiger partial charge in [0, 0.05) is 46.4 Å². The Hall–Kier alpha value is -4.32. The number of amides is 3. The van der Waals surface area contributed by atoms with Crippen molar-refractivity contribution in [1.29, 1.82) is 0 Å². The fourth-order valence-electron chi connectivity index (χ4n) is 8.55. The number of likely N-dealkylation sites (tertiary alicyclic amines) is 1. The van der Waals surface area contributed by atoms with Gasteiger partial charge in [0.1, 0.15) is 0 Å². The summed E-state index contributed by atoms with van der Waals surface area (Å²) in [6.45, 7) is 5.79. The van der Waals surface area contributed by atoms with Gasteiger partial charge in [0.2, 0.25) is 20.2 Å². The quantitative estimate of drug-likeness (QED) is 0.147. The van der Waals surface area contributed by atoms with E-state index in [0.717, 1.165) is 34.9 Å². The summed E-state index contributed by atoms with van der Waals surface area (Å²) >= 11 is 0. The van der Waals surface area contributed by atoms with Crippen molar-refractivity contribution < 1.29 is 28.3 Å². The Kier molecular flexibility index (Phi) is 8.70. The predicted octanol–water partition coefficient (Wildman–Crippen LogP) is 6.04. The molecule has 5 atom stereocenters. The number of aromatic amines is 1. The molecule has 3 amide bonds. The molecule has 3 N–H and O–H groups in total. The minimum absolute atomic E-state index is 0.0735. The monoisotopic (exact) mass is 682 g/mol. The zero-order chi connectivity index (χ0) is 34.5. The van der Waals surface area contributed by atoms with Crippen molar-refractivity contribution in [2.75, 3.05) is 23.4 Å². The molecule has 4 aromatic rings. The average molecular weight is 683 g/mol. The Morgan fingerprint density at radius 1 is 1.10 bits per heavy atom. The van der Waals surface area contributed by atoms with Gasteiger partial charge in [0.15, 0.2) is 5.60 Å². The predicted molar refractivity (Wildman–Crippen MR) is 189 cm³/mol. The second-order valence-electron chi connectivity index (χ2n) is 14.2. The van der Waals surface area contributed by atoms with Crippen LogP contribution in [0.1, 0.15) is 42.9 Å². The molecule has 0 radical (unpaired) electrons. The Labute approximate surface area is 286 Å². The first-order chi connectivity index (χ1) is 23.5. The molecule has 0 unspecified atom stereocenters. The Morgan fingerprint density at radius 2 is 1.86 bits per heavy atom. The van der Waals surface area contributed by atoms with Gasteiger partial charge in [-0.1, -0.05) is 55.5 Å². The molecular weight excluding hydrogens is 640 g/mol. The summed E-state index contributed by atoms with van der Waals surface area (Å²) in [6.07, 6.45) is 2.60. The van der Waals surface area contributed by atoms with Crippen molar-refractivity contribution in [2.24, 2.45) is 5.92 Å². The number of para-hydroxylation sites is 1. The van der Waals surface area contributed by atoms with Crippen LogP contribution in [0.4, 0.5) is 15.5 Å². The topological polar surface area (TPSA) is 115 Å². The Bertz CT molecular complexity index is 1890. The number of aliphatic hydroxyl groups is 1. The lowest BCUT2D eigenvalue weighted by Crippen LogP contribution is -2.45. The molecule has 3 aliphatic rings. The van der Waals surface area contributed by atoms with Gasteiger partial charge >= 0.3 is 0 Å². The minimum atomic E-state index is -3.51. The van der Waals surface area contributed by atoms with Gasteiger partial charge in [-0.05, 0) is 61.3 Å². The molecular formula is C38H43FN4O5Si. The number of benzene rings is 3. The first-order valence-electron chi connectivity index (χ1n) is 17.1. The van der Waals surface area contributed by atoms with Gasteiger partial charge in [-0.2, -0.15) is 0 Å². The number of fused-ring (bicyclic) bond motifs is 3. The van der Waals surface area contributed by atoms with Crippen LogP contribution in [0.3, 0.4) is 0 Å². The highest BCUT2D eigenvalue weighted by Gasteiger charge is 2.67. The third-order valence-electron chi connectivity index (χ3n) is 10.7. The van der Waals surface area contributed by atoms with E-state index in [1.807, 2.05) is 73.8 Å². The summed E-state index contributed by atoms with van der Waals surface area (Å²) in [7, 11) is -3.51. The van der Waals surface area contributed by atoms with E-state index in [1.54, 1.807) is 35.0 Å². The van der Waals surface area contributed by atoms with Crippen LogP contribution in [-0.4, -0.2) is 66.4 Å². The number of rotatable bonds is 9. The lowest BCUT2D eigenvalue weighted by atomic mass is 9.82. The summed E-state index contributed by atoms with van der Waals surface area (Å²) in [5.74, 6) is -1.30. The molecule has 3 aliphatic heterocycles. The summed E-state index contributed by atoms with van der Waals surface area (Å²) in [4.78, 5) is 48.4. The second kappa shape index (κ2) is 12.9. The summed E-state index contributed by atoms with van der Waals surface area (Å²) < 4.78 is 23.2. The number of H-pyrrole nitrogens is 1. The molecule has 2 saturated heterocycles. The molecule has 0 saturated carbocycles. The third-order valence-corrected chi connectivity index (χ3v) is 13.2. The van der Waals surface area contributed by atoms with Crippen molar-refractivity contribution in [1.82, 2.24) is 9.88 Å². The van der Waals surface area contributed by atoms with Crippen molar-refractivity contribution in [3.05, 3.63) is 95.7 Å². The minimum Gasteiger partial charge on any atom is -0.394 e. The van der Waals surface area contributed by atoms with Gasteiger partial charge in [-0.3, -0.25) is 14.4 Å². The molecule has 1 spiro atoms. The van der Waals surface area contributed by atoms with Crippen molar-refractivity contribution >= 4 is 48.4 Å². The fourth-order valence-corrected chi connectivity index (χ4v) is 11.0. The normalized spacial score (nSPS) is 25.0. The second-order valence-corrected chi connectivity index (χ2v) is 18.0. The molecule has 11 heteroatoms. The lowest BCUT2D eigenvalue weighted by molar-refractivity contribution is -0.150. The highest BCUT2D eigenvalue weighted by Crippen LogP contribution is 2.60. The smallest absolute Gasteiger partial charge is 0.264 e. The van der Waals surface area contributed by atoms with E-state index in [2.05, 4.69) is 10.3 Å². The third kappa shape index (κ3) is 5.87. The number of anilines is 2. The van der Waals surface area contributed by atoms with Gasteiger partial charge in [-0.15, -0.1) is 0 Å². The number of hydrogen-bond acceptors (Lipinski definition) is 5. The SMILES string of the molecule is C[C@H]1[C@H]([Si](C)(C)F)[C@@H](CC(=O)N2CCC[C@H]2CO)O[C@]12C(=O)N(Cc1ccccc1)c1ccc(NC(=O)Cc3c[nH]c4ccccc34)cc12. The van der Waals surface area contributed by atoms with E-state index < -0.39 is 31.6 Å². The largest absolute Gasteiger partial charge is 0.394 e. The van der Waals surface area contributed by atoms with E-state index in [1.165, 1.54) is 0 Å². The number of nitrogens with one attached hydrogen (secondary N) is 2. The van der Waals surface area contributed by atoms with Gasteiger partial charge in [-0.25, -0.2) is 0 Å². The number of aliphatic hydroxyl groups excluding tert-OH is 1. The van der Waals surface area contributed by atoms with Crippen LogP contribution < -0.4 is 10.2 Å². The summed E-state index contributed by atoms with van der Waals surface area (Å²) in [5.41, 5.74) is 2.26. The zero-order valence-corrected chi connectivity index (χ0v) is 29.1. The summed E-state index contributed by atoms with van der Waals surface area (Å²) in [6, 6.07) is 22.6. The van der Waals surface area contributed by atoms with Gasteiger partial charge in [0.25, 0.3) is 5.91 Å². The Balaban J connectivity index is 1.24. The number of aromatic nitrogens is 1. The van der Waals surface area contributed by atoms with E-state index in [0.29, 0.717) is 23.5 Å². The highest BCUT2D eigenvalue weighted by atomic mass is 28.4. The number of halogens is 1. The van der Waals surface area contributed by atoms with Crippen LogP contribution >= 0.6 is 0 Å². The van der Waals surface area contributed by atoms with E-state index >= 15 is 4.11 Å². The molecule has 2 fully saturated rings. The fraction of sp³-hybridized carbons (Fsp3) is 0.395. The average Bonchev–Trinajstić information content (AvgIpc) is 3.83. The van der Waals surface area contributed by atoms with Crippen LogP contribution in [0, 0.1) is 5.92 Å². The molecule has 1 aromatic heterocycles. The van der Waals surface area contributed by atoms with Gasteiger partial charge < -0.3 is 34.1 Å². The molecule has 4 heterocycles.